The summed E-state index contributed by atoms with van der Waals surface area (Å²) in [5.74, 6) is 0.103. The van der Waals surface area contributed by atoms with E-state index in [0.717, 1.165) is 25.8 Å². The molecule has 4 nitrogen and oxygen atoms in total. The van der Waals surface area contributed by atoms with Crippen molar-refractivity contribution < 1.29 is 9.53 Å². The first-order valence-corrected chi connectivity index (χ1v) is 6.36. The molecule has 0 spiro atoms. The molecular formula is C12H24N2O2. The second-order valence-corrected chi connectivity index (χ2v) is 4.38. The van der Waals surface area contributed by atoms with Crippen LogP contribution in [0.25, 0.3) is 0 Å². The van der Waals surface area contributed by atoms with Gasteiger partial charge in [0, 0.05) is 25.7 Å². The van der Waals surface area contributed by atoms with Gasteiger partial charge in [-0.25, -0.2) is 0 Å². The topological polar surface area (TPSA) is 55.6 Å². The Morgan fingerprint density at radius 3 is 2.94 bits per heavy atom. The highest BCUT2D eigenvalue weighted by molar-refractivity contribution is 5.77. The summed E-state index contributed by atoms with van der Waals surface area (Å²) in [5, 5.41) is 0. The molecule has 1 aliphatic heterocycles. The number of carbonyl (C=O) groups is 1. The molecule has 2 N–H and O–H groups in total. The average Bonchev–Trinajstić information content (AvgIpc) is 2.54. The van der Waals surface area contributed by atoms with Crippen molar-refractivity contribution in [1.29, 1.82) is 0 Å². The van der Waals surface area contributed by atoms with Gasteiger partial charge in [0.2, 0.25) is 5.91 Å². The van der Waals surface area contributed by atoms with E-state index in [1.54, 1.807) is 0 Å². The van der Waals surface area contributed by atoms with E-state index in [-0.39, 0.29) is 18.6 Å². The fourth-order valence-corrected chi connectivity index (χ4v) is 2.14. The van der Waals surface area contributed by atoms with Gasteiger partial charge in [-0.05, 0) is 19.3 Å². The van der Waals surface area contributed by atoms with E-state index in [0.29, 0.717) is 13.2 Å². The number of hydrogen-bond donors (Lipinski definition) is 1. The predicted octanol–water partition coefficient (Wildman–Crippen LogP) is 1.14. The van der Waals surface area contributed by atoms with E-state index in [1.165, 1.54) is 12.8 Å². The molecule has 1 aliphatic rings. The lowest BCUT2D eigenvalue weighted by Gasteiger charge is -2.29. The van der Waals surface area contributed by atoms with Crippen molar-refractivity contribution in [1.82, 2.24) is 4.90 Å². The summed E-state index contributed by atoms with van der Waals surface area (Å²) in [6.45, 7) is 4.33. The minimum atomic E-state index is 0.103. The summed E-state index contributed by atoms with van der Waals surface area (Å²) in [5.41, 5.74) is 5.72. The molecular weight excluding hydrogens is 204 g/mol. The SMILES string of the molecule is CCCOCC(=O)N1CCCCCC1CN. The number of hydrogen-bond acceptors (Lipinski definition) is 3. The number of nitrogens with zero attached hydrogens (tertiary/aromatic N) is 1. The number of rotatable bonds is 5. The molecule has 4 heteroatoms. The molecule has 1 rings (SSSR count). The number of likely N-dealkylation sites (tertiary alicyclic amines) is 1. The highest BCUT2D eigenvalue weighted by Crippen LogP contribution is 2.16. The highest BCUT2D eigenvalue weighted by atomic mass is 16.5. The Kier molecular flexibility index (Phi) is 6.42. The molecule has 1 heterocycles. The lowest BCUT2D eigenvalue weighted by atomic mass is 10.1. The van der Waals surface area contributed by atoms with Crippen LogP contribution in [-0.4, -0.2) is 43.2 Å². The second kappa shape index (κ2) is 7.63. The zero-order chi connectivity index (χ0) is 11.8. The highest BCUT2D eigenvalue weighted by Gasteiger charge is 2.23. The molecule has 16 heavy (non-hydrogen) atoms. The van der Waals surface area contributed by atoms with Crippen molar-refractivity contribution in [3.8, 4) is 0 Å². The Morgan fingerprint density at radius 2 is 2.25 bits per heavy atom. The number of carbonyl (C=O) groups excluding carboxylic acids is 1. The van der Waals surface area contributed by atoms with Gasteiger partial charge in [-0.2, -0.15) is 0 Å². The second-order valence-electron chi connectivity index (χ2n) is 4.38. The lowest BCUT2D eigenvalue weighted by molar-refractivity contribution is -0.138. The van der Waals surface area contributed by atoms with Crippen molar-refractivity contribution >= 4 is 5.91 Å². The molecule has 1 fully saturated rings. The Hall–Kier alpha value is -0.610. The van der Waals surface area contributed by atoms with Crippen molar-refractivity contribution in [2.24, 2.45) is 5.73 Å². The first-order chi connectivity index (χ1) is 7.79. The van der Waals surface area contributed by atoms with Crippen LogP contribution in [0.15, 0.2) is 0 Å². The maximum atomic E-state index is 11.9. The average molecular weight is 228 g/mol. The van der Waals surface area contributed by atoms with E-state index >= 15 is 0 Å². The third-order valence-electron chi connectivity index (χ3n) is 3.04. The summed E-state index contributed by atoms with van der Waals surface area (Å²) in [6, 6.07) is 0.222. The molecule has 1 unspecified atom stereocenters. The van der Waals surface area contributed by atoms with Crippen molar-refractivity contribution in [3.05, 3.63) is 0 Å². The maximum Gasteiger partial charge on any atom is 0.248 e. The third kappa shape index (κ3) is 4.10. The van der Waals surface area contributed by atoms with E-state index in [9.17, 15) is 4.79 Å². The first-order valence-electron chi connectivity index (χ1n) is 6.36. The van der Waals surface area contributed by atoms with Gasteiger partial charge in [0.25, 0.3) is 0 Å². The molecule has 0 aromatic heterocycles. The van der Waals surface area contributed by atoms with E-state index in [4.69, 9.17) is 10.5 Å². The van der Waals surface area contributed by atoms with Crippen LogP contribution in [0.5, 0.6) is 0 Å². The van der Waals surface area contributed by atoms with Crippen molar-refractivity contribution in [2.75, 3.05) is 26.3 Å². The molecule has 0 aliphatic carbocycles. The van der Waals surface area contributed by atoms with Crippen molar-refractivity contribution in [2.45, 2.75) is 45.1 Å². The van der Waals surface area contributed by atoms with Gasteiger partial charge in [-0.3, -0.25) is 4.79 Å². The third-order valence-corrected chi connectivity index (χ3v) is 3.04. The van der Waals surface area contributed by atoms with Crippen LogP contribution >= 0.6 is 0 Å². The van der Waals surface area contributed by atoms with Crippen LogP contribution in [0.3, 0.4) is 0 Å². The fraction of sp³-hybridized carbons (Fsp3) is 0.917. The molecule has 0 aromatic carbocycles. The van der Waals surface area contributed by atoms with Gasteiger partial charge in [0.1, 0.15) is 6.61 Å². The van der Waals surface area contributed by atoms with Gasteiger partial charge in [0.05, 0.1) is 0 Å². The molecule has 0 saturated carbocycles. The van der Waals surface area contributed by atoms with Gasteiger partial charge in [0.15, 0.2) is 0 Å². The largest absolute Gasteiger partial charge is 0.372 e. The molecule has 94 valence electrons. The molecule has 0 radical (unpaired) electrons. The Morgan fingerprint density at radius 1 is 1.44 bits per heavy atom. The van der Waals surface area contributed by atoms with E-state index in [2.05, 4.69) is 0 Å². The van der Waals surface area contributed by atoms with E-state index < -0.39 is 0 Å². The van der Waals surface area contributed by atoms with Gasteiger partial charge < -0.3 is 15.4 Å². The maximum absolute atomic E-state index is 11.9. The Bertz CT molecular complexity index is 209. The van der Waals surface area contributed by atoms with Crippen LogP contribution in [0.2, 0.25) is 0 Å². The zero-order valence-corrected chi connectivity index (χ0v) is 10.3. The smallest absolute Gasteiger partial charge is 0.248 e. The molecule has 0 aromatic rings. The normalized spacial score (nSPS) is 21.9. The minimum Gasteiger partial charge on any atom is -0.372 e. The van der Waals surface area contributed by atoms with E-state index in [1.807, 2.05) is 11.8 Å². The van der Waals surface area contributed by atoms with Crippen LogP contribution in [-0.2, 0) is 9.53 Å². The quantitative estimate of drug-likeness (QED) is 0.718. The number of amides is 1. The number of nitrogens with two attached hydrogens (primary N) is 1. The molecule has 1 amide bonds. The lowest BCUT2D eigenvalue weighted by Crippen LogP contribution is -2.45. The Balaban J connectivity index is 2.42. The predicted molar refractivity (Wildman–Crippen MR) is 64.1 cm³/mol. The molecule has 0 bridgehead atoms. The van der Waals surface area contributed by atoms with Gasteiger partial charge in [-0.15, -0.1) is 0 Å². The Labute approximate surface area is 98.1 Å². The summed E-state index contributed by atoms with van der Waals surface area (Å²) in [7, 11) is 0. The summed E-state index contributed by atoms with van der Waals surface area (Å²) >= 11 is 0. The number of ether oxygens (including phenoxy) is 1. The van der Waals surface area contributed by atoms with Crippen LogP contribution in [0.4, 0.5) is 0 Å². The fourth-order valence-electron chi connectivity index (χ4n) is 2.14. The standard InChI is InChI=1S/C12H24N2O2/c1-2-8-16-10-12(15)14-7-5-3-4-6-11(14)9-13/h11H,2-10,13H2,1H3. The summed E-state index contributed by atoms with van der Waals surface area (Å²) < 4.78 is 5.30. The van der Waals surface area contributed by atoms with Crippen molar-refractivity contribution in [3.63, 3.8) is 0 Å². The van der Waals surface area contributed by atoms with Gasteiger partial charge in [-0.1, -0.05) is 19.8 Å². The first kappa shape index (κ1) is 13.5. The van der Waals surface area contributed by atoms with Crippen LogP contribution < -0.4 is 5.73 Å². The van der Waals surface area contributed by atoms with Crippen LogP contribution in [0.1, 0.15) is 39.0 Å². The summed E-state index contributed by atoms with van der Waals surface area (Å²) in [6.07, 6.45) is 5.47. The minimum absolute atomic E-state index is 0.103. The zero-order valence-electron chi connectivity index (χ0n) is 10.3. The van der Waals surface area contributed by atoms with Crippen LogP contribution in [0, 0.1) is 0 Å². The molecule has 1 saturated heterocycles. The monoisotopic (exact) mass is 228 g/mol. The van der Waals surface area contributed by atoms with Gasteiger partial charge >= 0.3 is 0 Å². The summed E-state index contributed by atoms with van der Waals surface area (Å²) in [4.78, 5) is 13.9. The molecule has 1 atom stereocenters.